The maximum Gasteiger partial charge on any atom is 0.0629 e. The fourth-order valence-electron chi connectivity index (χ4n) is 2.61. The van der Waals surface area contributed by atoms with Crippen LogP contribution in [0.4, 0.5) is 0 Å². The van der Waals surface area contributed by atoms with E-state index in [1.54, 1.807) is 0 Å². The summed E-state index contributed by atoms with van der Waals surface area (Å²) in [5, 5.41) is 9.67. The molecule has 0 amide bonds. The van der Waals surface area contributed by atoms with Crippen LogP contribution in [0.15, 0.2) is 24.3 Å². The van der Waals surface area contributed by atoms with Crippen LogP contribution in [0.25, 0.3) is 0 Å². The van der Waals surface area contributed by atoms with Crippen LogP contribution in [0.3, 0.4) is 0 Å². The second kappa shape index (κ2) is 5.19. The minimum atomic E-state index is -0.0757. The third kappa shape index (κ3) is 2.53. The highest BCUT2D eigenvalue weighted by Crippen LogP contribution is 2.37. The van der Waals surface area contributed by atoms with E-state index in [1.165, 1.54) is 11.1 Å². The topological polar surface area (TPSA) is 29.5 Å². The van der Waals surface area contributed by atoms with E-state index in [0.717, 1.165) is 25.9 Å². The highest BCUT2D eigenvalue weighted by Gasteiger charge is 2.40. The van der Waals surface area contributed by atoms with Crippen molar-refractivity contribution in [3.63, 3.8) is 0 Å². The molecule has 0 spiro atoms. The Labute approximate surface area is 104 Å². The van der Waals surface area contributed by atoms with Gasteiger partial charge in [-0.25, -0.2) is 0 Å². The molecular weight excluding hydrogens is 212 g/mol. The smallest absolute Gasteiger partial charge is 0.0629 e. The van der Waals surface area contributed by atoms with Crippen LogP contribution in [0.2, 0.25) is 0 Å². The van der Waals surface area contributed by atoms with E-state index < -0.39 is 0 Å². The molecule has 0 saturated carbocycles. The number of benzene rings is 1. The Kier molecular flexibility index (Phi) is 3.85. The van der Waals surface area contributed by atoms with Crippen molar-refractivity contribution < 1.29 is 9.84 Å². The van der Waals surface area contributed by atoms with Gasteiger partial charge in [0.1, 0.15) is 0 Å². The standard InChI is InChI=1S/C15H22O2/c1-3-13-4-6-14(7-5-13)10-15(11-16)8-9-17-12(15)2/h4-7,12,16H,3,8-11H2,1-2H3. The van der Waals surface area contributed by atoms with Gasteiger partial charge in [0.2, 0.25) is 0 Å². The van der Waals surface area contributed by atoms with Crippen molar-refractivity contribution in [3.05, 3.63) is 35.4 Å². The maximum atomic E-state index is 9.67. The fourth-order valence-corrected chi connectivity index (χ4v) is 2.61. The first-order valence-electron chi connectivity index (χ1n) is 6.50. The van der Waals surface area contributed by atoms with Gasteiger partial charge in [0.05, 0.1) is 12.7 Å². The molecule has 1 aromatic carbocycles. The largest absolute Gasteiger partial charge is 0.396 e. The van der Waals surface area contributed by atoms with E-state index in [0.29, 0.717) is 0 Å². The van der Waals surface area contributed by atoms with Gasteiger partial charge in [-0.2, -0.15) is 0 Å². The molecule has 2 unspecified atom stereocenters. The van der Waals surface area contributed by atoms with Crippen LogP contribution in [0.1, 0.15) is 31.4 Å². The van der Waals surface area contributed by atoms with Gasteiger partial charge in [-0.05, 0) is 37.3 Å². The molecule has 0 aromatic heterocycles. The second-order valence-electron chi connectivity index (χ2n) is 5.13. The average molecular weight is 234 g/mol. The molecule has 1 saturated heterocycles. The van der Waals surface area contributed by atoms with Gasteiger partial charge in [-0.3, -0.25) is 0 Å². The summed E-state index contributed by atoms with van der Waals surface area (Å²) in [6.45, 7) is 5.22. The van der Waals surface area contributed by atoms with Crippen molar-refractivity contribution in [2.45, 2.75) is 39.2 Å². The zero-order valence-corrected chi connectivity index (χ0v) is 10.8. The first-order chi connectivity index (χ1) is 8.20. The van der Waals surface area contributed by atoms with E-state index in [-0.39, 0.29) is 18.1 Å². The number of aliphatic hydroxyl groups excluding tert-OH is 1. The molecule has 2 rings (SSSR count). The summed E-state index contributed by atoms with van der Waals surface area (Å²) in [6.07, 6.45) is 3.10. The van der Waals surface area contributed by atoms with Gasteiger partial charge in [-0.1, -0.05) is 31.2 Å². The van der Waals surface area contributed by atoms with E-state index in [1.807, 2.05) is 0 Å². The lowest BCUT2D eigenvalue weighted by Crippen LogP contribution is -2.35. The SMILES string of the molecule is CCc1ccc(CC2(CO)CCOC2C)cc1. The van der Waals surface area contributed by atoms with Crippen LogP contribution < -0.4 is 0 Å². The molecule has 2 atom stereocenters. The monoisotopic (exact) mass is 234 g/mol. The molecule has 2 heteroatoms. The van der Waals surface area contributed by atoms with E-state index in [4.69, 9.17) is 4.74 Å². The molecule has 0 aliphatic carbocycles. The Hall–Kier alpha value is -0.860. The number of aliphatic hydroxyl groups is 1. The van der Waals surface area contributed by atoms with Gasteiger partial charge >= 0.3 is 0 Å². The maximum absolute atomic E-state index is 9.67. The third-order valence-corrected chi connectivity index (χ3v) is 4.13. The molecule has 0 bridgehead atoms. The first kappa shape index (κ1) is 12.6. The van der Waals surface area contributed by atoms with Crippen LogP contribution in [-0.2, 0) is 17.6 Å². The number of hydrogen-bond acceptors (Lipinski definition) is 2. The summed E-state index contributed by atoms with van der Waals surface area (Å²) in [4.78, 5) is 0. The number of aryl methyl sites for hydroxylation is 1. The third-order valence-electron chi connectivity index (χ3n) is 4.13. The van der Waals surface area contributed by atoms with Crippen LogP contribution in [0, 0.1) is 5.41 Å². The predicted octanol–water partition coefficient (Wildman–Crippen LogP) is 2.58. The van der Waals surface area contributed by atoms with Gasteiger partial charge in [0.25, 0.3) is 0 Å². The van der Waals surface area contributed by atoms with Crippen molar-refractivity contribution in [1.82, 2.24) is 0 Å². The molecule has 1 aromatic rings. The highest BCUT2D eigenvalue weighted by molar-refractivity contribution is 5.24. The van der Waals surface area contributed by atoms with Gasteiger partial charge < -0.3 is 9.84 Å². The number of ether oxygens (including phenoxy) is 1. The summed E-state index contributed by atoms with van der Waals surface area (Å²) < 4.78 is 5.62. The van der Waals surface area contributed by atoms with Crippen molar-refractivity contribution >= 4 is 0 Å². The lowest BCUT2D eigenvalue weighted by molar-refractivity contribution is 0.0272. The Morgan fingerprint density at radius 2 is 1.94 bits per heavy atom. The molecule has 1 aliphatic rings. The molecule has 1 aliphatic heterocycles. The Morgan fingerprint density at radius 3 is 2.41 bits per heavy atom. The Balaban J connectivity index is 2.12. The molecule has 0 radical (unpaired) electrons. The lowest BCUT2D eigenvalue weighted by atomic mass is 9.77. The molecule has 1 fully saturated rings. The molecule has 1 N–H and O–H groups in total. The van der Waals surface area contributed by atoms with Crippen LogP contribution in [0.5, 0.6) is 0 Å². The fraction of sp³-hybridized carbons (Fsp3) is 0.600. The minimum Gasteiger partial charge on any atom is -0.396 e. The summed E-state index contributed by atoms with van der Waals surface area (Å²) in [7, 11) is 0. The van der Waals surface area contributed by atoms with Crippen molar-refractivity contribution in [1.29, 1.82) is 0 Å². The molecule has 2 nitrogen and oxygen atoms in total. The highest BCUT2D eigenvalue weighted by atomic mass is 16.5. The van der Waals surface area contributed by atoms with Crippen molar-refractivity contribution in [2.24, 2.45) is 5.41 Å². The van der Waals surface area contributed by atoms with E-state index in [9.17, 15) is 5.11 Å². The Morgan fingerprint density at radius 1 is 1.29 bits per heavy atom. The summed E-state index contributed by atoms with van der Waals surface area (Å²) in [5.74, 6) is 0. The summed E-state index contributed by atoms with van der Waals surface area (Å²) >= 11 is 0. The molecule has 17 heavy (non-hydrogen) atoms. The van der Waals surface area contributed by atoms with Gasteiger partial charge in [-0.15, -0.1) is 0 Å². The molecule has 1 heterocycles. The second-order valence-corrected chi connectivity index (χ2v) is 5.13. The van der Waals surface area contributed by atoms with Gasteiger partial charge in [0.15, 0.2) is 0 Å². The summed E-state index contributed by atoms with van der Waals surface area (Å²) in [6, 6.07) is 8.73. The Bertz CT molecular complexity index is 358. The van der Waals surface area contributed by atoms with E-state index in [2.05, 4.69) is 38.1 Å². The number of hydrogen-bond donors (Lipinski definition) is 1. The van der Waals surface area contributed by atoms with Crippen molar-refractivity contribution in [3.8, 4) is 0 Å². The predicted molar refractivity (Wildman–Crippen MR) is 69.1 cm³/mol. The number of rotatable bonds is 4. The zero-order chi connectivity index (χ0) is 12.3. The first-order valence-corrected chi connectivity index (χ1v) is 6.50. The average Bonchev–Trinajstić information content (AvgIpc) is 2.72. The summed E-state index contributed by atoms with van der Waals surface area (Å²) in [5.41, 5.74) is 2.59. The zero-order valence-electron chi connectivity index (χ0n) is 10.8. The van der Waals surface area contributed by atoms with Crippen LogP contribution >= 0.6 is 0 Å². The van der Waals surface area contributed by atoms with Gasteiger partial charge in [0, 0.05) is 12.0 Å². The van der Waals surface area contributed by atoms with Crippen LogP contribution in [-0.4, -0.2) is 24.4 Å². The van der Waals surface area contributed by atoms with Crippen molar-refractivity contribution in [2.75, 3.05) is 13.2 Å². The quantitative estimate of drug-likeness (QED) is 0.867. The minimum absolute atomic E-state index is 0.0757. The molecule has 94 valence electrons. The normalized spacial score (nSPS) is 28.5. The lowest BCUT2D eigenvalue weighted by Gasteiger charge is -2.30. The van der Waals surface area contributed by atoms with E-state index >= 15 is 0 Å². The molecular formula is C15H22O2.